The molecule has 5 heteroatoms. The summed E-state index contributed by atoms with van der Waals surface area (Å²) in [5.74, 6) is -2.91. The van der Waals surface area contributed by atoms with E-state index in [9.17, 15) is 14.4 Å². The van der Waals surface area contributed by atoms with Gasteiger partial charge in [0.2, 0.25) is 0 Å². The van der Waals surface area contributed by atoms with E-state index in [0.717, 1.165) is 22.0 Å². The zero-order valence-electron chi connectivity index (χ0n) is 12.6. The van der Waals surface area contributed by atoms with Gasteiger partial charge in [-0.25, -0.2) is 4.79 Å². The van der Waals surface area contributed by atoms with E-state index in [0.29, 0.717) is 18.5 Å². The second kappa shape index (κ2) is 5.40. The van der Waals surface area contributed by atoms with Gasteiger partial charge in [-0.3, -0.25) is 9.59 Å². The Hall–Kier alpha value is -2.43. The molecule has 114 valence electrons. The number of ether oxygens (including phenoxy) is 1. The number of carbonyl (C=O) groups excluding carboxylic acids is 3. The number of Topliss-reactive ketones (excluding diaryl/α,β-unsaturated/α-hetero) is 2. The van der Waals surface area contributed by atoms with Crippen molar-refractivity contribution in [3.05, 3.63) is 35.0 Å². The number of fused-ring (bicyclic) bond motifs is 3. The fraction of sp³-hybridized carbons (Fsp3) is 0.353. The molecule has 1 N–H and O–H groups in total. The summed E-state index contributed by atoms with van der Waals surface area (Å²) in [6.45, 7) is 3.75. The Kier molecular flexibility index (Phi) is 3.56. The average Bonchev–Trinajstić information content (AvgIpc) is 2.86. The van der Waals surface area contributed by atoms with Crippen LogP contribution in [0.5, 0.6) is 0 Å². The maximum atomic E-state index is 12.6. The van der Waals surface area contributed by atoms with Crippen molar-refractivity contribution in [2.45, 2.75) is 26.7 Å². The van der Waals surface area contributed by atoms with Crippen molar-refractivity contribution >= 4 is 28.4 Å². The zero-order chi connectivity index (χ0) is 15.9. The molecule has 0 amide bonds. The molecule has 0 fully saturated rings. The molecule has 1 aromatic heterocycles. The number of aryl methyl sites for hydroxylation is 2. The molecule has 3 rings (SSSR count). The van der Waals surface area contributed by atoms with Crippen LogP contribution < -0.4 is 0 Å². The van der Waals surface area contributed by atoms with Crippen LogP contribution in [-0.2, 0) is 20.7 Å². The van der Waals surface area contributed by atoms with Crippen LogP contribution in [0.4, 0.5) is 0 Å². The van der Waals surface area contributed by atoms with Gasteiger partial charge in [-0.2, -0.15) is 0 Å². The van der Waals surface area contributed by atoms with Gasteiger partial charge in [-0.15, -0.1) is 0 Å². The third-order valence-corrected chi connectivity index (χ3v) is 4.10. The summed E-state index contributed by atoms with van der Waals surface area (Å²) < 4.78 is 4.72. The van der Waals surface area contributed by atoms with Gasteiger partial charge >= 0.3 is 5.97 Å². The zero-order valence-corrected chi connectivity index (χ0v) is 12.6. The summed E-state index contributed by atoms with van der Waals surface area (Å²) in [4.78, 5) is 39.3. The molecule has 5 nitrogen and oxygen atoms in total. The van der Waals surface area contributed by atoms with Gasteiger partial charge in [0.15, 0.2) is 5.78 Å². The van der Waals surface area contributed by atoms with E-state index in [2.05, 4.69) is 4.98 Å². The van der Waals surface area contributed by atoms with E-state index in [1.807, 2.05) is 25.1 Å². The van der Waals surface area contributed by atoms with Crippen LogP contribution >= 0.6 is 0 Å². The average molecular weight is 299 g/mol. The highest BCUT2D eigenvalue weighted by Gasteiger charge is 2.38. The van der Waals surface area contributed by atoms with E-state index < -0.39 is 17.7 Å². The molecule has 0 unspecified atom stereocenters. The monoisotopic (exact) mass is 299 g/mol. The Bertz CT molecular complexity index is 787. The third kappa shape index (κ3) is 2.22. The highest BCUT2D eigenvalue weighted by atomic mass is 16.5. The Labute approximate surface area is 127 Å². The maximum absolute atomic E-state index is 12.6. The maximum Gasteiger partial charge on any atom is 0.375 e. The van der Waals surface area contributed by atoms with Crippen LogP contribution in [0.2, 0.25) is 0 Å². The normalized spacial score (nSPS) is 17.4. The van der Waals surface area contributed by atoms with Crippen molar-refractivity contribution in [2.24, 2.45) is 5.92 Å². The lowest BCUT2D eigenvalue weighted by Crippen LogP contribution is -2.35. The van der Waals surface area contributed by atoms with Crippen molar-refractivity contribution in [3.8, 4) is 0 Å². The van der Waals surface area contributed by atoms with Crippen LogP contribution in [0.25, 0.3) is 10.9 Å². The molecule has 1 heterocycles. The van der Waals surface area contributed by atoms with Gasteiger partial charge in [0.1, 0.15) is 0 Å². The van der Waals surface area contributed by atoms with Crippen LogP contribution in [-0.4, -0.2) is 29.1 Å². The number of nitrogens with one attached hydrogen (secondary N) is 1. The molecule has 0 aliphatic heterocycles. The number of benzene rings is 1. The molecule has 0 saturated carbocycles. The first-order chi connectivity index (χ1) is 10.5. The number of carbonyl (C=O) groups is 3. The lowest BCUT2D eigenvalue weighted by Gasteiger charge is -2.19. The highest BCUT2D eigenvalue weighted by molar-refractivity contribution is 6.39. The largest absolute Gasteiger partial charge is 0.460 e. The van der Waals surface area contributed by atoms with Gasteiger partial charge < -0.3 is 9.72 Å². The predicted octanol–water partition coefficient (Wildman–Crippen LogP) is 2.35. The first-order valence-corrected chi connectivity index (χ1v) is 7.39. The molecule has 22 heavy (non-hydrogen) atoms. The number of aromatic amines is 1. The van der Waals surface area contributed by atoms with Crippen molar-refractivity contribution in [1.29, 1.82) is 0 Å². The quantitative estimate of drug-likeness (QED) is 0.536. The number of ketones is 2. The standard InChI is InChI=1S/C17H17NO4/c1-3-22-17(21)16(20)11-6-5-10-12-8-9(2)4-7-13(12)18-14(10)15(11)19/h4,7-8,11,18H,3,5-6H2,1-2H3/t11-/m1/s1. The number of hydrogen-bond donors (Lipinski definition) is 1. The highest BCUT2D eigenvalue weighted by Crippen LogP contribution is 2.32. The lowest BCUT2D eigenvalue weighted by atomic mass is 9.83. The van der Waals surface area contributed by atoms with Crippen LogP contribution in [0.1, 0.15) is 35.0 Å². The number of aromatic nitrogens is 1. The summed E-state index contributed by atoms with van der Waals surface area (Å²) in [6.07, 6.45) is 0.949. The first kappa shape index (κ1) is 14.5. The molecule has 2 aromatic rings. The van der Waals surface area contributed by atoms with Crippen LogP contribution in [0.3, 0.4) is 0 Å². The second-order valence-corrected chi connectivity index (χ2v) is 5.57. The summed E-state index contributed by atoms with van der Waals surface area (Å²) >= 11 is 0. The second-order valence-electron chi connectivity index (χ2n) is 5.57. The van der Waals surface area contributed by atoms with Gasteiger partial charge in [0.05, 0.1) is 18.2 Å². The number of esters is 1. The summed E-state index contributed by atoms with van der Waals surface area (Å²) in [5, 5.41) is 1.02. The molecule has 1 atom stereocenters. The molecule has 1 aliphatic carbocycles. The van der Waals surface area contributed by atoms with Crippen molar-refractivity contribution in [2.75, 3.05) is 6.61 Å². The molecular formula is C17H17NO4. The van der Waals surface area contributed by atoms with Crippen LogP contribution in [0.15, 0.2) is 18.2 Å². The molecule has 0 radical (unpaired) electrons. The Balaban J connectivity index is 1.98. The van der Waals surface area contributed by atoms with Crippen molar-refractivity contribution in [1.82, 2.24) is 4.98 Å². The lowest BCUT2D eigenvalue weighted by molar-refractivity contribution is -0.154. The minimum atomic E-state index is -0.930. The molecule has 0 spiro atoms. The van der Waals surface area contributed by atoms with Crippen LogP contribution in [0, 0.1) is 12.8 Å². The predicted molar refractivity (Wildman–Crippen MR) is 80.8 cm³/mol. The van der Waals surface area contributed by atoms with E-state index in [-0.39, 0.29) is 12.4 Å². The number of hydrogen-bond acceptors (Lipinski definition) is 4. The minimum Gasteiger partial charge on any atom is -0.460 e. The Morgan fingerprint density at radius 3 is 2.86 bits per heavy atom. The minimum absolute atomic E-state index is 0.127. The van der Waals surface area contributed by atoms with E-state index in [1.54, 1.807) is 6.92 Å². The van der Waals surface area contributed by atoms with Crippen molar-refractivity contribution in [3.63, 3.8) is 0 Å². The van der Waals surface area contributed by atoms with E-state index >= 15 is 0 Å². The molecule has 0 bridgehead atoms. The van der Waals surface area contributed by atoms with Gasteiger partial charge in [-0.1, -0.05) is 11.6 Å². The molecular weight excluding hydrogens is 282 g/mol. The fourth-order valence-corrected chi connectivity index (χ4v) is 3.02. The Morgan fingerprint density at radius 2 is 2.14 bits per heavy atom. The van der Waals surface area contributed by atoms with Crippen molar-refractivity contribution < 1.29 is 19.1 Å². The third-order valence-electron chi connectivity index (χ3n) is 4.10. The summed E-state index contributed by atoms with van der Waals surface area (Å²) in [6, 6.07) is 5.93. The Morgan fingerprint density at radius 1 is 1.36 bits per heavy atom. The SMILES string of the molecule is CCOC(=O)C(=O)[C@@H]1CCc2c([nH]c3ccc(C)cc23)C1=O. The molecule has 0 saturated heterocycles. The number of H-pyrrole nitrogens is 1. The fourth-order valence-electron chi connectivity index (χ4n) is 3.02. The van der Waals surface area contributed by atoms with E-state index in [1.165, 1.54) is 0 Å². The van der Waals surface area contributed by atoms with Gasteiger partial charge in [-0.05, 0) is 44.4 Å². The number of rotatable bonds is 3. The smallest absolute Gasteiger partial charge is 0.375 e. The molecule has 1 aromatic carbocycles. The van der Waals surface area contributed by atoms with Gasteiger partial charge in [0, 0.05) is 10.9 Å². The summed E-state index contributed by atoms with van der Waals surface area (Å²) in [5.41, 5.74) is 3.39. The van der Waals surface area contributed by atoms with E-state index in [4.69, 9.17) is 4.74 Å². The van der Waals surface area contributed by atoms with Gasteiger partial charge in [0.25, 0.3) is 5.78 Å². The first-order valence-electron chi connectivity index (χ1n) is 7.39. The topological polar surface area (TPSA) is 76.2 Å². The molecule has 1 aliphatic rings. The summed E-state index contributed by atoms with van der Waals surface area (Å²) in [7, 11) is 0.